The molecule has 2 atom stereocenters. The predicted octanol–water partition coefficient (Wildman–Crippen LogP) is 2.46. The van der Waals surface area contributed by atoms with Crippen LogP contribution in [-0.4, -0.2) is 39.5 Å². The summed E-state index contributed by atoms with van der Waals surface area (Å²) in [7, 11) is 0. The Balaban J connectivity index is 1.83. The maximum atomic E-state index is 9.95. The smallest absolute Gasteiger partial charge is 0.233 e. The van der Waals surface area contributed by atoms with Gasteiger partial charge in [-0.3, -0.25) is 0 Å². The number of aromatic nitrogens is 2. The summed E-state index contributed by atoms with van der Waals surface area (Å²) in [4.78, 5) is 4.58. The van der Waals surface area contributed by atoms with Crippen molar-refractivity contribution in [3.63, 3.8) is 0 Å². The highest BCUT2D eigenvalue weighted by molar-refractivity contribution is 7.99. The van der Waals surface area contributed by atoms with Crippen molar-refractivity contribution < 1.29 is 14.4 Å². The highest BCUT2D eigenvalue weighted by Crippen LogP contribution is 2.40. The fraction of sp³-hybridized carbons (Fsp3) is 0.857. The van der Waals surface area contributed by atoms with Crippen LogP contribution in [0.5, 0.6) is 0 Å². The first kappa shape index (κ1) is 14.4. The first-order chi connectivity index (χ1) is 9.75. The molecule has 0 aromatic carbocycles. The van der Waals surface area contributed by atoms with Gasteiger partial charge in [0.2, 0.25) is 11.7 Å². The number of aliphatic hydroxyl groups is 1. The van der Waals surface area contributed by atoms with Gasteiger partial charge >= 0.3 is 0 Å². The lowest BCUT2D eigenvalue weighted by Gasteiger charge is -2.33. The molecule has 2 fully saturated rings. The van der Waals surface area contributed by atoms with E-state index >= 15 is 0 Å². The van der Waals surface area contributed by atoms with Crippen molar-refractivity contribution in [2.24, 2.45) is 0 Å². The lowest BCUT2D eigenvalue weighted by Crippen LogP contribution is -2.33. The summed E-state index contributed by atoms with van der Waals surface area (Å²) in [6, 6.07) is 0. The monoisotopic (exact) mass is 298 g/mol. The lowest BCUT2D eigenvalue weighted by molar-refractivity contribution is -0.0777. The third-order valence-electron chi connectivity index (χ3n) is 4.30. The highest BCUT2D eigenvalue weighted by atomic mass is 32.2. The van der Waals surface area contributed by atoms with E-state index in [0.29, 0.717) is 18.3 Å². The molecule has 0 spiro atoms. The third-order valence-corrected chi connectivity index (χ3v) is 5.47. The van der Waals surface area contributed by atoms with Crippen molar-refractivity contribution in [3.8, 4) is 0 Å². The van der Waals surface area contributed by atoms with Crippen molar-refractivity contribution in [3.05, 3.63) is 11.7 Å². The molecular weight excluding hydrogens is 276 g/mol. The summed E-state index contributed by atoms with van der Waals surface area (Å²) >= 11 is 1.73. The average molecular weight is 298 g/mol. The summed E-state index contributed by atoms with van der Waals surface area (Å²) in [5, 5.41) is 14.1. The van der Waals surface area contributed by atoms with Crippen molar-refractivity contribution in [1.82, 2.24) is 10.1 Å². The largest absolute Gasteiger partial charge is 0.391 e. The molecule has 1 aromatic rings. The molecule has 2 aliphatic rings. The Morgan fingerprint density at radius 3 is 2.80 bits per heavy atom. The number of aliphatic hydroxyl groups excluding tert-OH is 1. The number of ether oxygens (including phenoxy) is 1. The van der Waals surface area contributed by atoms with Crippen molar-refractivity contribution >= 4 is 11.8 Å². The van der Waals surface area contributed by atoms with Crippen LogP contribution in [0.1, 0.15) is 56.7 Å². The zero-order chi connectivity index (χ0) is 14.0. The average Bonchev–Trinajstić information content (AvgIpc) is 3.08. The van der Waals surface area contributed by atoms with E-state index < -0.39 is 0 Å². The minimum atomic E-state index is -0.373. The lowest BCUT2D eigenvalue weighted by atomic mass is 9.84. The van der Waals surface area contributed by atoms with Gasteiger partial charge < -0.3 is 14.4 Å². The van der Waals surface area contributed by atoms with Gasteiger partial charge in [-0.15, -0.1) is 0 Å². The van der Waals surface area contributed by atoms with Gasteiger partial charge in [-0.05, 0) is 19.8 Å². The van der Waals surface area contributed by atoms with Gasteiger partial charge in [-0.2, -0.15) is 16.7 Å². The SMILES string of the molecule is CCOC1(c2noc(C3CSCC3O)n2)CCCCC1. The number of nitrogens with zero attached hydrogens (tertiary/aromatic N) is 2. The molecule has 2 unspecified atom stereocenters. The second kappa shape index (κ2) is 6.03. The van der Waals surface area contributed by atoms with Crippen LogP contribution in [0.3, 0.4) is 0 Å². The molecule has 1 aromatic heterocycles. The Kier molecular flexibility index (Phi) is 4.33. The quantitative estimate of drug-likeness (QED) is 0.921. The van der Waals surface area contributed by atoms with Crippen LogP contribution in [0.15, 0.2) is 4.52 Å². The van der Waals surface area contributed by atoms with E-state index in [0.717, 1.165) is 37.2 Å². The van der Waals surface area contributed by atoms with E-state index in [2.05, 4.69) is 10.1 Å². The third kappa shape index (κ3) is 2.61. The van der Waals surface area contributed by atoms with Crippen LogP contribution in [0, 0.1) is 0 Å². The van der Waals surface area contributed by atoms with Crippen LogP contribution in [0.2, 0.25) is 0 Å². The first-order valence-electron chi connectivity index (χ1n) is 7.49. The molecule has 1 aliphatic heterocycles. The van der Waals surface area contributed by atoms with Gasteiger partial charge in [0.05, 0.1) is 12.0 Å². The number of hydrogen-bond acceptors (Lipinski definition) is 6. The molecule has 6 heteroatoms. The molecule has 0 amide bonds. The van der Waals surface area contributed by atoms with Crippen molar-refractivity contribution in [2.45, 2.75) is 56.7 Å². The zero-order valence-corrected chi connectivity index (χ0v) is 12.7. The fourth-order valence-corrected chi connectivity index (χ4v) is 4.41. The number of hydrogen-bond donors (Lipinski definition) is 1. The molecular formula is C14H22N2O3S. The molecule has 1 saturated heterocycles. The predicted molar refractivity (Wildman–Crippen MR) is 76.8 cm³/mol. The van der Waals surface area contributed by atoms with Gasteiger partial charge in [0.1, 0.15) is 5.60 Å². The standard InChI is InChI=1S/C14H22N2O3S/c1-2-18-14(6-4-3-5-7-14)13-15-12(19-16-13)10-8-20-9-11(10)17/h10-11,17H,2-9H2,1H3. The van der Waals surface area contributed by atoms with E-state index in [4.69, 9.17) is 9.26 Å². The Labute approximate surface area is 123 Å². The molecule has 20 heavy (non-hydrogen) atoms. The maximum absolute atomic E-state index is 9.95. The molecule has 0 bridgehead atoms. The Morgan fingerprint density at radius 2 is 2.15 bits per heavy atom. The van der Waals surface area contributed by atoms with Gasteiger partial charge in [0, 0.05) is 18.1 Å². The Hall–Kier alpha value is -0.590. The van der Waals surface area contributed by atoms with Crippen LogP contribution >= 0.6 is 11.8 Å². The van der Waals surface area contributed by atoms with E-state index in [1.54, 1.807) is 11.8 Å². The zero-order valence-electron chi connectivity index (χ0n) is 11.9. The normalized spacial score (nSPS) is 29.7. The fourth-order valence-electron chi connectivity index (χ4n) is 3.18. The molecule has 5 nitrogen and oxygen atoms in total. The molecule has 112 valence electrons. The van der Waals surface area contributed by atoms with Crippen LogP contribution in [-0.2, 0) is 10.3 Å². The molecule has 3 rings (SSSR count). The van der Waals surface area contributed by atoms with Crippen molar-refractivity contribution in [1.29, 1.82) is 0 Å². The second-order valence-electron chi connectivity index (χ2n) is 5.66. The highest BCUT2D eigenvalue weighted by Gasteiger charge is 2.41. The molecule has 0 radical (unpaired) electrons. The Morgan fingerprint density at radius 1 is 1.35 bits per heavy atom. The summed E-state index contributed by atoms with van der Waals surface area (Å²) < 4.78 is 11.4. The van der Waals surface area contributed by atoms with E-state index in [1.807, 2.05) is 6.92 Å². The van der Waals surface area contributed by atoms with Gasteiger partial charge in [0.15, 0.2) is 0 Å². The molecule has 1 saturated carbocycles. The van der Waals surface area contributed by atoms with Crippen LogP contribution in [0.25, 0.3) is 0 Å². The number of thioether (sulfide) groups is 1. The second-order valence-corrected chi connectivity index (χ2v) is 6.73. The van der Waals surface area contributed by atoms with E-state index in [-0.39, 0.29) is 17.6 Å². The summed E-state index contributed by atoms with van der Waals surface area (Å²) in [6.07, 6.45) is 5.08. The van der Waals surface area contributed by atoms with E-state index in [9.17, 15) is 5.11 Å². The topological polar surface area (TPSA) is 68.4 Å². The summed E-state index contributed by atoms with van der Waals surface area (Å²) in [5.41, 5.74) is -0.370. The number of rotatable bonds is 4. The minimum Gasteiger partial charge on any atom is -0.391 e. The summed E-state index contributed by atoms with van der Waals surface area (Å²) in [5.74, 6) is 2.83. The molecule has 1 aliphatic carbocycles. The van der Waals surface area contributed by atoms with Crippen molar-refractivity contribution in [2.75, 3.05) is 18.1 Å². The first-order valence-corrected chi connectivity index (χ1v) is 8.64. The summed E-state index contributed by atoms with van der Waals surface area (Å²) in [6.45, 7) is 2.67. The Bertz CT molecular complexity index is 440. The molecule has 1 N–H and O–H groups in total. The van der Waals surface area contributed by atoms with Crippen LogP contribution < -0.4 is 0 Å². The van der Waals surface area contributed by atoms with Crippen LogP contribution in [0.4, 0.5) is 0 Å². The van der Waals surface area contributed by atoms with Gasteiger partial charge in [-0.1, -0.05) is 24.4 Å². The van der Waals surface area contributed by atoms with Gasteiger partial charge in [0.25, 0.3) is 0 Å². The minimum absolute atomic E-state index is 0.0245. The van der Waals surface area contributed by atoms with E-state index in [1.165, 1.54) is 6.42 Å². The maximum Gasteiger partial charge on any atom is 0.233 e. The van der Waals surface area contributed by atoms with Gasteiger partial charge in [-0.25, -0.2) is 0 Å². The molecule has 2 heterocycles.